The van der Waals surface area contributed by atoms with Crippen molar-refractivity contribution in [1.82, 2.24) is 10.3 Å². The minimum absolute atomic E-state index is 0.0337. The monoisotopic (exact) mass is 722 g/mol. The number of halogens is 5. The molecule has 0 radical (unpaired) electrons. The molecule has 4 atom stereocenters. The van der Waals surface area contributed by atoms with Gasteiger partial charge in [0.1, 0.15) is 23.3 Å². The number of aldehydes is 1. The van der Waals surface area contributed by atoms with Crippen LogP contribution in [0.2, 0.25) is 0 Å². The van der Waals surface area contributed by atoms with Gasteiger partial charge in [0, 0.05) is 28.6 Å². The minimum atomic E-state index is -5.01. The van der Waals surface area contributed by atoms with Crippen molar-refractivity contribution in [3.63, 3.8) is 0 Å². The van der Waals surface area contributed by atoms with Crippen molar-refractivity contribution < 1.29 is 55.6 Å². The van der Waals surface area contributed by atoms with Crippen LogP contribution in [-0.4, -0.2) is 66.6 Å². The van der Waals surface area contributed by atoms with E-state index < -0.39 is 47.9 Å². The van der Waals surface area contributed by atoms with E-state index in [1.54, 1.807) is 31.9 Å². The lowest BCUT2D eigenvalue weighted by Crippen LogP contribution is -2.46. The summed E-state index contributed by atoms with van der Waals surface area (Å²) < 4.78 is 87.2. The first-order chi connectivity index (χ1) is 23.4. The molecule has 11 nitrogen and oxygen atoms in total. The summed E-state index contributed by atoms with van der Waals surface area (Å²) in [5.74, 6) is -1.93. The molecule has 3 aliphatic heterocycles. The fourth-order valence-corrected chi connectivity index (χ4v) is 7.65. The van der Waals surface area contributed by atoms with Crippen LogP contribution in [0.1, 0.15) is 48.3 Å². The highest BCUT2D eigenvalue weighted by atomic mass is 32.2. The van der Waals surface area contributed by atoms with Crippen molar-refractivity contribution in [2.24, 2.45) is 11.7 Å². The fraction of sp³-hybridized carbons (Fsp3) is 0.424. The number of hydrogen-bond acceptors (Lipinski definition) is 11. The van der Waals surface area contributed by atoms with Gasteiger partial charge in [-0.3, -0.25) is 4.79 Å². The zero-order chi connectivity index (χ0) is 36.0. The summed E-state index contributed by atoms with van der Waals surface area (Å²) in [6.07, 6.45) is -7.19. The normalized spacial score (nSPS) is 23.4. The van der Waals surface area contributed by atoms with Crippen LogP contribution in [0, 0.1) is 5.92 Å². The molecule has 2 aromatic carbocycles. The molecule has 17 heteroatoms. The third kappa shape index (κ3) is 5.84. The number of nitrogens with zero attached hydrogens (tertiary/aromatic N) is 2. The van der Waals surface area contributed by atoms with E-state index in [9.17, 15) is 36.6 Å². The number of fused-ring (bicyclic) bond motifs is 3. The van der Waals surface area contributed by atoms with Crippen molar-refractivity contribution in [1.29, 1.82) is 0 Å². The van der Waals surface area contributed by atoms with Gasteiger partial charge in [0.2, 0.25) is 0 Å². The lowest BCUT2D eigenvalue weighted by molar-refractivity contribution is -0.286. The van der Waals surface area contributed by atoms with Gasteiger partial charge in [-0.15, -0.1) is 22.0 Å². The van der Waals surface area contributed by atoms with E-state index in [0.29, 0.717) is 29.6 Å². The number of carbonyl (C=O) groups is 2. The summed E-state index contributed by atoms with van der Waals surface area (Å²) in [7, 11) is 1.62. The summed E-state index contributed by atoms with van der Waals surface area (Å²) >= 11 is 1.26. The number of benzene rings is 2. The molecule has 0 bridgehead atoms. The number of aliphatic hydroxyl groups is 1. The van der Waals surface area contributed by atoms with Crippen LogP contribution < -0.4 is 34.9 Å². The van der Waals surface area contributed by atoms with Crippen molar-refractivity contribution in [2.75, 3.05) is 25.1 Å². The van der Waals surface area contributed by atoms with E-state index >= 15 is 0 Å². The Morgan fingerprint density at radius 3 is 2.62 bits per heavy atom. The quantitative estimate of drug-likeness (QED) is 0.201. The number of aromatic nitrogens is 1. The molecule has 1 saturated carbocycles. The molecule has 0 saturated heterocycles. The largest absolute Gasteiger partial charge is 0.586 e. The summed E-state index contributed by atoms with van der Waals surface area (Å²) in [4.78, 5) is 32.2. The van der Waals surface area contributed by atoms with Crippen LogP contribution in [0.3, 0.4) is 0 Å². The number of thioether (sulfide) groups is 1. The molecular formula is C33H31F5N4O7S. The first-order valence-corrected chi connectivity index (χ1v) is 16.4. The molecule has 50 heavy (non-hydrogen) atoms. The van der Waals surface area contributed by atoms with Gasteiger partial charge < -0.3 is 44.8 Å². The Labute approximate surface area is 286 Å². The molecule has 1 aliphatic carbocycles. The van der Waals surface area contributed by atoms with Gasteiger partial charge in [0.05, 0.1) is 41.4 Å². The lowest BCUT2D eigenvalue weighted by Gasteiger charge is -2.31. The molecule has 0 spiro atoms. The minimum Gasteiger partial charge on any atom is -0.490 e. The average molecular weight is 723 g/mol. The molecule has 266 valence electrons. The van der Waals surface area contributed by atoms with Crippen LogP contribution >= 0.6 is 11.8 Å². The van der Waals surface area contributed by atoms with E-state index in [4.69, 9.17) is 15.5 Å². The second-order valence-corrected chi connectivity index (χ2v) is 14.4. The highest BCUT2D eigenvalue weighted by Crippen LogP contribution is 2.52. The Morgan fingerprint density at radius 1 is 1.22 bits per heavy atom. The Hall–Kier alpha value is -4.35. The molecule has 3 aromatic rings. The van der Waals surface area contributed by atoms with Crippen LogP contribution in [0.15, 0.2) is 41.3 Å². The fourth-order valence-electron chi connectivity index (χ4n) is 6.46. The van der Waals surface area contributed by atoms with E-state index in [1.165, 1.54) is 36.0 Å². The number of pyridine rings is 1. The number of nitrogens with two attached hydrogens (primary N) is 1. The lowest BCUT2D eigenvalue weighted by atomic mass is 9.77. The number of nitrogens with one attached hydrogen (secondary N) is 1. The Morgan fingerprint density at radius 2 is 1.94 bits per heavy atom. The molecule has 1 fully saturated rings. The standard InChI is InChI=1S/C33H31F5N4O7S/c1-15-42(3)27-22(47-32(34,35)36)9-17(10-23(27)50-15)29(44)40-13-31(45,18-5-6-18)25-11-19-28(46-14-30(19,2)24(39)12-43)26(41-25)16-4-7-20-21(8-16)49-33(37,38)48-20/h4,7-12,15,18,24,45H,5-6,13-14,39H2,1-3H3,(H,40,44)/t15?,24?,30-,31+/m0/s1. The SMILES string of the molecule is CC1Sc2cc(C(=O)NC[C@](O)(c3cc4c(c(-c5ccc6c(c5)OC(F)(F)O6)n3)OC[C@]4(C)C(N)C=O)C3CC3)cc(OC(F)(F)F)c2N1C. The van der Waals surface area contributed by atoms with Crippen molar-refractivity contribution >= 4 is 29.6 Å². The van der Waals surface area contributed by atoms with E-state index in [-0.39, 0.29) is 63.3 Å². The molecular weight excluding hydrogens is 691 g/mol. The number of carbonyl (C=O) groups excluding carboxylic acids is 2. The van der Waals surface area contributed by atoms with Crippen molar-refractivity contribution in [3.8, 4) is 34.3 Å². The smallest absolute Gasteiger partial charge is 0.490 e. The second kappa shape index (κ2) is 11.6. The van der Waals surface area contributed by atoms with Gasteiger partial charge in [0.15, 0.2) is 17.2 Å². The maximum Gasteiger partial charge on any atom is 0.586 e. The number of amides is 1. The van der Waals surface area contributed by atoms with Crippen LogP contribution in [-0.2, 0) is 15.8 Å². The molecule has 1 aromatic heterocycles. The molecule has 2 unspecified atom stereocenters. The van der Waals surface area contributed by atoms with Crippen molar-refractivity contribution in [2.45, 2.75) is 66.7 Å². The average Bonchev–Trinajstić information content (AvgIpc) is 3.71. The predicted molar refractivity (Wildman–Crippen MR) is 169 cm³/mol. The third-order valence-electron chi connectivity index (χ3n) is 9.60. The molecule has 1 amide bonds. The van der Waals surface area contributed by atoms with E-state index in [0.717, 1.165) is 6.07 Å². The third-order valence-corrected chi connectivity index (χ3v) is 10.8. The molecule has 4 heterocycles. The Balaban J connectivity index is 1.26. The van der Waals surface area contributed by atoms with Gasteiger partial charge in [-0.1, -0.05) is 18.7 Å². The second-order valence-electron chi connectivity index (χ2n) is 13.0. The molecule has 4 aliphatic rings. The maximum absolute atomic E-state index is 13.8. The Bertz CT molecular complexity index is 1910. The number of rotatable bonds is 9. The van der Waals surface area contributed by atoms with Gasteiger partial charge in [-0.2, -0.15) is 0 Å². The van der Waals surface area contributed by atoms with Gasteiger partial charge >= 0.3 is 12.7 Å². The van der Waals surface area contributed by atoms with Gasteiger partial charge in [-0.25, -0.2) is 4.98 Å². The summed E-state index contributed by atoms with van der Waals surface area (Å²) in [5.41, 5.74) is 4.31. The van der Waals surface area contributed by atoms with Crippen LogP contribution in [0.5, 0.6) is 23.0 Å². The number of hydrogen-bond donors (Lipinski definition) is 3. The molecule has 4 N–H and O–H groups in total. The van der Waals surface area contributed by atoms with Gasteiger partial charge in [0.25, 0.3) is 5.91 Å². The van der Waals surface area contributed by atoms with Crippen molar-refractivity contribution in [3.05, 3.63) is 53.2 Å². The maximum atomic E-state index is 13.8. The Kier molecular flexibility index (Phi) is 7.91. The predicted octanol–water partition coefficient (Wildman–Crippen LogP) is 5.06. The summed E-state index contributed by atoms with van der Waals surface area (Å²) in [5, 5.41) is 14.7. The number of alkyl halides is 5. The summed E-state index contributed by atoms with van der Waals surface area (Å²) in [6.45, 7) is 3.07. The highest BCUT2D eigenvalue weighted by Gasteiger charge is 2.50. The topological polar surface area (TPSA) is 145 Å². The van der Waals surface area contributed by atoms with Crippen LogP contribution in [0.4, 0.5) is 27.6 Å². The first kappa shape index (κ1) is 34.1. The van der Waals surface area contributed by atoms with E-state index in [2.05, 4.69) is 19.5 Å². The van der Waals surface area contributed by atoms with Gasteiger partial charge in [-0.05, 0) is 62.1 Å². The number of anilines is 1. The highest BCUT2D eigenvalue weighted by molar-refractivity contribution is 8.00. The van der Waals surface area contributed by atoms with Crippen LogP contribution in [0.25, 0.3) is 11.3 Å². The number of ether oxygens (including phenoxy) is 4. The van der Waals surface area contributed by atoms with E-state index in [1.807, 2.05) is 0 Å². The zero-order valence-electron chi connectivity index (χ0n) is 26.8. The zero-order valence-corrected chi connectivity index (χ0v) is 27.6. The first-order valence-electron chi connectivity index (χ1n) is 15.6. The summed E-state index contributed by atoms with van der Waals surface area (Å²) in [6, 6.07) is 7.00. The molecule has 7 rings (SSSR count).